The number of nitrogens with one attached hydrogen (secondary N) is 1. The molecule has 0 radical (unpaired) electrons. The summed E-state index contributed by atoms with van der Waals surface area (Å²) in [6.07, 6.45) is 1.85. The summed E-state index contributed by atoms with van der Waals surface area (Å²) in [7, 11) is 0. The molecule has 2 aromatic carbocycles. The van der Waals surface area contributed by atoms with Gasteiger partial charge in [0.2, 0.25) is 0 Å². The molecule has 0 atom stereocenters. The van der Waals surface area contributed by atoms with Crippen LogP contribution < -0.4 is 15.8 Å². The van der Waals surface area contributed by atoms with Crippen molar-refractivity contribution in [1.29, 1.82) is 0 Å². The minimum absolute atomic E-state index is 0.138. The SMILES string of the molecule is CCCN1CCc2c(sc(NC(=O)COc3ccc4ccccc4c3)c2C(N)=O)C1. The molecule has 4 rings (SSSR count). The Bertz CT molecular complexity index is 1090. The van der Waals surface area contributed by atoms with Crippen LogP contribution in [-0.4, -0.2) is 36.4 Å². The predicted octanol–water partition coefficient (Wildman–Crippen LogP) is 3.79. The maximum Gasteiger partial charge on any atom is 0.262 e. The molecule has 0 spiro atoms. The minimum atomic E-state index is -0.498. The largest absolute Gasteiger partial charge is 0.484 e. The predicted molar refractivity (Wildman–Crippen MR) is 120 cm³/mol. The highest BCUT2D eigenvalue weighted by Gasteiger charge is 2.27. The quantitative estimate of drug-likeness (QED) is 0.606. The highest BCUT2D eigenvalue weighted by Crippen LogP contribution is 2.37. The van der Waals surface area contributed by atoms with Crippen LogP contribution in [-0.2, 0) is 17.8 Å². The maximum absolute atomic E-state index is 12.5. The van der Waals surface area contributed by atoms with E-state index in [-0.39, 0.29) is 12.5 Å². The number of fused-ring (bicyclic) bond motifs is 2. The Balaban J connectivity index is 1.45. The lowest BCUT2D eigenvalue weighted by Gasteiger charge is -2.26. The Morgan fingerprint density at radius 2 is 2.00 bits per heavy atom. The molecule has 6 nitrogen and oxygen atoms in total. The van der Waals surface area contributed by atoms with Gasteiger partial charge in [-0.25, -0.2) is 0 Å². The smallest absolute Gasteiger partial charge is 0.262 e. The minimum Gasteiger partial charge on any atom is -0.484 e. The van der Waals surface area contributed by atoms with E-state index in [1.54, 1.807) is 0 Å². The molecule has 3 aromatic rings. The molecule has 156 valence electrons. The number of carbonyl (C=O) groups is 2. The van der Waals surface area contributed by atoms with Crippen LogP contribution in [0.3, 0.4) is 0 Å². The molecule has 0 saturated heterocycles. The average Bonchev–Trinajstić information content (AvgIpc) is 3.09. The second kappa shape index (κ2) is 8.85. The van der Waals surface area contributed by atoms with E-state index in [0.717, 1.165) is 53.7 Å². The molecule has 0 fully saturated rings. The summed E-state index contributed by atoms with van der Waals surface area (Å²) in [5.41, 5.74) is 7.07. The number of nitrogens with two attached hydrogens (primary N) is 1. The summed E-state index contributed by atoms with van der Waals surface area (Å²) < 4.78 is 5.67. The Kier molecular flexibility index (Phi) is 6.01. The number of ether oxygens (including phenoxy) is 1. The molecular formula is C23H25N3O3S. The number of rotatable bonds is 7. The lowest BCUT2D eigenvalue weighted by atomic mass is 10.0. The number of hydrogen-bond donors (Lipinski definition) is 2. The molecule has 1 aliphatic rings. The van der Waals surface area contributed by atoms with Gasteiger partial charge in [-0.1, -0.05) is 37.3 Å². The van der Waals surface area contributed by atoms with Crippen LogP contribution in [0.2, 0.25) is 0 Å². The van der Waals surface area contributed by atoms with Gasteiger partial charge in [0, 0.05) is 18.0 Å². The van der Waals surface area contributed by atoms with Crippen molar-refractivity contribution < 1.29 is 14.3 Å². The number of nitrogens with zero attached hydrogens (tertiary/aromatic N) is 1. The topological polar surface area (TPSA) is 84.7 Å². The summed E-state index contributed by atoms with van der Waals surface area (Å²) in [5.74, 6) is -0.184. The van der Waals surface area contributed by atoms with Crippen LogP contribution in [0.15, 0.2) is 42.5 Å². The highest BCUT2D eigenvalue weighted by molar-refractivity contribution is 7.17. The average molecular weight is 424 g/mol. The number of primary amides is 1. The summed E-state index contributed by atoms with van der Waals surface area (Å²) in [6, 6.07) is 13.7. The van der Waals surface area contributed by atoms with E-state index in [4.69, 9.17) is 10.5 Å². The molecule has 3 N–H and O–H groups in total. The van der Waals surface area contributed by atoms with Gasteiger partial charge in [0.15, 0.2) is 6.61 Å². The third-order valence-electron chi connectivity index (χ3n) is 5.27. The number of anilines is 1. The van der Waals surface area contributed by atoms with Crippen molar-refractivity contribution in [1.82, 2.24) is 4.90 Å². The molecule has 0 aliphatic carbocycles. The summed E-state index contributed by atoms with van der Waals surface area (Å²) in [5, 5.41) is 5.53. The van der Waals surface area contributed by atoms with Crippen molar-refractivity contribution in [3.63, 3.8) is 0 Å². The normalized spacial score (nSPS) is 13.8. The van der Waals surface area contributed by atoms with Crippen LogP contribution >= 0.6 is 11.3 Å². The van der Waals surface area contributed by atoms with Crippen molar-refractivity contribution >= 4 is 38.9 Å². The molecule has 0 unspecified atom stereocenters. The van der Waals surface area contributed by atoms with E-state index < -0.39 is 5.91 Å². The van der Waals surface area contributed by atoms with Gasteiger partial charge in [-0.2, -0.15) is 0 Å². The first-order valence-electron chi connectivity index (χ1n) is 10.1. The molecular weight excluding hydrogens is 398 g/mol. The highest BCUT2D eigenvalue weighted by atomic mass is 32.1. The first kappa shape index (κ1) is 20.4. The number of carbonyl (C=O) groups excluding carboxylic acids is 2. The Labute approximate surface area is 179 Å². The van der Waals surface area contributed by atoms with E-state index in [0.29, 0.717) is 16.3 Å². The maximum atomic E-state index is 12.5. The van der Waals surface area contributed by atoms with Gasteiger partial charge in [-0.15, -0.1) is 11.3 Å². The molecule has 7 heteroatoms. The molecule has 1 aromatic heterocycles. The van der Waals surface area contributed by atoms with Crippen LogP contribution in [0.1, 0.15) is 34.1 Å². The Morgan fingerprint density at radius 3 is 2.77 bits per heavy atom. The molecule has 2 amide bonds. The monoisotopic (exact) mass is 423 g/mol. The molecule has 0 saturated carbocycles. The molecule has 0 bridgehead atoms. The summed E-state index contributed by atoms with van der Waals surface area (Å²) in [4.78, 5) is 28.1. The molecule has 30 heavy (non-hydrogen) atoms. The Morgan fingerprint density at radius 1 is 1.20 bits per heavy atom. The number of thiophene rings is 1. The van der Waals surface area contributed by atoms with E-state index in [2.05, 4.69) is 17.1 Å². The summed E-state index contributed by atoms with van der Waals surface area (Å²) in [6.45, 7) is 4.72. The first-order valence-corrected chi connectivity index (χ1v) is 10.9. The summed E-state index contributed by atoms with van der Waals surface area (Å²) >= 11 is 1.44. The molecule has 2 heterocycles. The van der Waals surface area contributed by atoms with Gasteiger partial charge in [0.05, 0.1) is 5.56 Å². The third-order valence-corrected chi connectivity index (χ3v) is 6.40. The van der Waals surface area contributed by atoms with E-state index >= 15 is 0 Å². The lowest BCUT2D eigenvalue weighted by Crippen LogP contribution is -2.31. The number of benzene rings is 2. The van der Waals surface area contributed by atoms with Crippen molar-refractivity contribution in [3.05, 3.63) is 58.5 Å². The van der Waals surface area contributed by atoms with Gasteiger partial charge < -0.3 is 15.8 Å². The van der Waals surface area contributed by atoms with E-state index in [1.807, 2.05) is 42.5 Å². The Hall–Kier alpha value is -2.90. The van der Waals surface area contributed by atoms with E-state index in [1.165, 1.54) is 11.3 Å². The zero-order valence-corrected chi connectivity index (χ0v) is 17.8. The first-order chi connectivity index (χ1) is 14.5. The second-order valence-corrected chi connectivity index (χ2v) is 8.55. The van der Waals surface area contributed by atoms with Crippen LogP contribution in [0.25, 0.3) is 10.8 Å². The van der Waals surface area contributed by atoms with Gasteiger partial charge in [-0.3, -0.25) is 14.5 Å². The molecule has 1 aliphatic heterocycles. The zero-order valence-electron chi connectivity index (χ0n) is 16.9. The number of amides is 2. The standard InChI is InChI=1S/C23H25N3O3S/c1-2-10-26-11-9-18-19(13-26)30-23(21(18)22(24)28)25-20(27)14-29-17-8-7-15-5-3-4-6-16(15)12-17/h3-8,12H,2,9-11,13-14H2,1H3,(H2,24,28)(H,25,27). The second-order valence-electron chi connectivity index (χ2n) is 7.44. The fraction of sp³-hybridized carbons (Fsp3) is 0.304. The van der Waals surface area contributed by atoms with Crippen molar-refractivity contribution in [2.75, 3.05) is 25.0 Å². The van der Waals surface area contributed by atoms with Gasteiger partial charge >= 0.3 is 0 Å². The van der Waals surface area contributed by atoms with Crippen molar-refractivity contribution in [2.24, 2.45) is 5.73 Å². The van der Waals surface area contributed by atoms with E-state index in [9.17, 15) is 9.59 Å². The zero-order chi connectivity index (χ0) is 21.1. The van der Waals surface area contributed by atoms with Crippen molar-refractivity contribution in [2.45, 2.75) is 26.3 Å². The fourth-order valence-electron chi connectivity index (χ4n) is 3.88. The lowest BCUT2D eigenvalue weighted by molar-refractivity contribution is -0.118. The number of hydrogen-bond acceptors (Lipinski definition) is 5. The van der Waals surface area contributed by atoms with Gasteiger partial charge in [0.1, 0.15) is 10.8 Å². The van der Waals surface area contributed by atoms with Crippen LogP contribution in [0.4, 0.5) is 5.00 Å². The van der Waals surface area contributed by atoms with Crippen LogP contribution in [0.5, 0.6) is 5.75 Å². The van der Waals surface area contributed by atoms with Crippen LogP contribution in [0, 0.1) is 0 Å². The van der Waals surface area contributed by atoms with Gasteiger partial charge in [-0.05, 0) is 47.9 Å². The van der Waals surface area contributed by atoms with Gasteiger partial charge in [0.25, 0.3) is 11.8 Å². The third kappa shape index (κ3) is 4.32. The van der Waals surface area contributed by atoms with Crippen molar-refractivity contribution in [3.8, 4) is 5.75 Å². The fourth-order valence-corrected chi connectivity index (χ4v) is 5.19.